The number of fused-ring (bicyclic) bond motifs is 3. The first-order chi connectivity index (χ1) is 33.7. The zero-order chi connectivity index (χ0) is 52.3. The van der Waals surface area contributed by atoms with Crippen LogP contribution in [0.2, 0.25) is 0 Å². The van der Waals surface area contributed by atoms with E-state index in [-0.39, 0.29) is 12.5 Å². The molecule has 7 N–H and O–H groups in total. The van der Waals surface area contributed by atoms with Crippen LogP contribution in [0.4, 0.5) is 0 Å². The Bertz CT molecular complexity index is 1620. The van der Waals surface area contributed by atoms with Crippen LogP contribution in [0, 0.1) is 11.8 Å². The summed E-state index contributed by atoms with van der Waals surface area (Å²) < 4.78 is 68.1. The third kappa shape index (κ3) is 15.7. The molecule has 0 spiro atoms. The molecule has 24 unspecified atom stereocenters. The van der Waals surface area contributed by atoms with Gasteiger partial charge in [-0.15, -0.1) is 0 Å². The molecular weight excluding hydrogens is 937 g/mol. The van der Waals surface area contributed by atoms with E-state index in [2.05, 4.69) is 6.92 Å². The number of carbonyl (C=O) groups is 3. The molecule has 0 aliphatic carbocycles. The van der Waals surface area contributed by atoms with Crippen molar-refractivity contribution in [2.24, 2.45) is 11.8 Å². The maximum absolute atomic E-state index is 13.6. The van der Waals surface area contributed by atoms with Crippen molar-refractivity contribution < 1.29 is 102 Å². The van der Waals surface area contributed by atoms with Gasteiger partial charge in [0.2, 0.25) is 0 Å². The molecule has 5 fully saturated rings. The Balaban J connectivity index is 1.48. The van der Waals surface area contributed by atoms with E-state index < -0.39 is 159 Å². The van der Waals surface area contributed by atoms with Gasteiger partial charge in [0.05, 0.1) is 48.5 Å². The maximum atomic E-state index is 13.6. The van der Waals surface area contributed by atoms with Crippen molar-refractivity contribution in [3.8, 4) is 0 Å². The first-order valence-electron chi connectivity index (χ1n) is 26.3. The summed E-state index contributed by atoms with van der Waals surface area (Å²) in [7, 11) is 0. The van der Waals surface area contributed by atoms with Gasteiger partial charge in [-0.1, -0.05) is 78.6 Å². The van der Waals surface area contributed by atoms with Crippen molar-refractivity contribution in [3.63, 3.8) is 0 Å². The second-order valence-corrected chi connectivity index (χ2v) is 20.4. The van der Waals surface area contributed by atoms with Gasteiger partial charge in [0.25, 0.3) is 0 Å². The van der Waals surface area contributed by atoms with E-state index >= 15 is 0 Å². The van der Waals surface area contributed by atoms with Crippen molar-refractivity contribution in [1.82, 2.24) is 0 Å². The molecule has 5 saturated heterocycles. The lowest BCUT2D eigenvalue weighted by Gasteiger charge is -2.50. The van der Waals surface area contributed by atoms with Gasteiger partial charge in [-0.25, -0.2) is 0 Å². The molecule has 0 aromatic heterocycles. The second kappa shape index (κ2) is 28.1. The Hall–Kier alpha value is -2.19. The number of carbonyl (C=O) groups excluding carboxylic acids is 3. The summed E-state index contributed by atoms with van der Waals surface area (Å²) >= 11 is 0. The third-order valence-corrected chi connectivity index (χ3v) is 14.7. The van der Waals surface area contributed by atoms with E-state index in [1.807, 2.05) is 0 Å². The van der Waals surface area contributed by atoms with Crippen molar-refractivity contribution in [3.05, 3.63) is 0 Å². The average Bonchev–Trinajstić information content (AvgIpc) is 3.33. The number of aliphatic hydroxyl groups excluding tert-OH is 7. The van der Waals surface area contributed by atoms with Crippen LogP contribution in [0.3, 0.4) is 0 Å². The smallest absolute Gasteiger partial charge is 0.311 e. The van der Waals surface area contributed by atoms with Crippen LogP contribution in [-0.2, 0) is 66.5 Å². The van der Waals surface area contributed by atoms with Crippen LogP contribution in [0.15, 0.2) is 0 Å². The molecule has 21 heteroatoms. The number of unbranched alkanes of at least 4 members (excludes halogenated alkanes) is 2. The molecule has 0 aromatic carbocycles. The van der Waals surface area contributed by atoms with E-state index in [9.17, 15) is 50.1 Å². The highest BCUT2D eigenvalue weighted by molar-refractivity contribution is 5.73. The van der Waals surface area contributed by atoms with Gasteiger partial charge in [-0.3, -0.25) is 14.4 Å². The largest absolute Gasteiger partial charge is 0.456 e. The second-order valence-electron chi connectivity index (χ2n) is 20.4. The number of hydrogen-bond acceptors (Lipinski definition) is 21. The SMILES string of the molecule is CCCCCC1CCCCCCCCCC(=O)OC2C(O)C(C)OC(OC3C(O1)OC(C)C(O)C3O)C2OC1OC(C)C(OC2OC(C)C(OC(=O)C(C)C(C)O)C(O)C2O)C(O)C1OC(=O)C(C)CC. The fraction of sp³-hybridized carbons (Fsp3) is 0.940. The summed E-state index contributed by atoms with van der Waals surface area (Å²) in [6.07, 6.45) is -20.2. The fourth-order valence-corrected chi connectivity index (χ4v) is 9.48. The first kappa shape index (κ1) is 59.7. The van der Waals surface area contributed by atoms with Crippen molar-refractivity contribution in [1.29, 1.82) is 0 Å². The monoisotopic (exact) mass is 1020 g/mol. The number of aliphatic hydroxyl groups is 7. The predicted octanol–water partition coefficient (Wildman–Crippen LogP) is 2.58. The van der Waals surface area contributed by atoms with E-state index in [1.165, 1.54) is 34.6 Å². The lowest BCUT2D eigenvalue weighted by molar-refractivity contribution is -0.397. The number of ether oxygens (including phenoxy) is 11. The van der Waals surface area contributed by atoms with Crippen LogP contribution in [-0.4, -0.2) is 189 Å². The number of rotatable bonds is 14. The molecule has 412 valence electrons. The molecule has 5 aliphatic rings. The van der Waals surface area contributed by atoms with Crippen LogP contribution in [0.5, 0.6) is 0 Å². The van der Waals surface area contributed by atoms with Gasteiger partial charge in [-0.2, -0.15) is 0 Å². The molecule has 0 aromatic rings. The normalized spacial score (nSPS) is 42.7. The molecule has 71 heavy (non-hydrogen) atoms. The fourth-order valence-electron chi connectivity index (χ4n) is 9.48. The van der Waals surface area contributed by atoms with Gasteiger partial charge in [0.1, 0.15) is 48.8 Å². The molecule has 5 heterocycles. The predicted molar refractivity (Wildman–Crippen MR) is 249 cm³/mol. The minimum absolute atomic E-state index is 0.0156. The van der Waals surface area contributed by atoms with Crippen LogP contribution in [0.25, 0.3) is 0 Å². The molecule has 5 rings (SSSR count). The topological polar surface area (TPSA) is 294 Å². The molecule has 21 nitrogen and oxygen atoms in total. The van der Waals surface area contributed by atoms with Gasteiger partial charge in [-0.05, 0) is 67.2 Å². The van der Waals surface area contributed by atoms with Crippen molar-refractivity contribution >= 4 is 17.9 Å². The highest BCUT2D eigenvalue weighted by Crippen LogP contribution is 2.38. The lowest BCUT2D eigenvalue weighted by atomic mass is 9.96. The molecular formula is C50H86O21. The zero-order valence-electron chi connectivity index (χ0n) is 43.1. The zero-order valence-corrected chi connectivity index (χ0v) is 43.1. The Labute approximate surface area is 418 Å². The highest BCUT2D eigenvalue weighted by Gasteiger charge is 2.57. The minimum atomic E-state index is -1.84. The van der Waals surface area contributed by atoms with Gasteiger partial charge >= 0.3 is 17.9 Å². The van der Waals surface area contributed by atoms with Crippen molar-refractivity contribution in [2.45, 2.75) is 287 Å². The first-order valence-corrected chi connectivity index (χ1v) is 26.3. The Morgan fingerprint density at radius 3 is 1.83 bits per heavy atom. The molecule has 24 atom stereocenters. The summed E-state index contributed by atoms with van der Waals surface area (Å²) in [5.74, 6) is -3.88. The standard InChI is InChI=1S/C50H86O21/c1-10-12-18-21-31-22-19-16-14-13-15-17-20-23-32(52)66-41-34(54)28(7)62-50(70-42-35(55)33(53)27(6)61-48(42)65-31)44(41)71-49-43(68-45(59)24(3)11-2)38(58)40(30(9)64-49)69-47-37(57)36(56)39(29(8)63-47)67-46(60)25(4)26(5)51/h24-31,33-44,47-51,53-58H,10-23H2,1-9H3. The van der Waals surface area contributed by atoms with Gasteiger partial charge in [0, 0.05) is 6.42 Å². The Kier molecular flexibility index (Phi) is 23.6. The van der Waals surface area contributed by atoms with Gasteiger partial charge < -0.3 is 87.9 Å². The molecule has 0 saturated carbocycles. The molecule has 0 amide bonds. The van der Waals surface area contributed by atoms with Gasteiger partial charge in [0.15, 0.2) is 49.6 Å². The molecule has 2 bridgehead atoms. The minimum Gasteiger partial charge on any atom is -0.456 e. The van der Waals surface area contributed by atoms with E-state index in [0.717, 1.165) is 64.2 Å². The Morgan fingerprint density at radius 1 is 0.577 bits per heavy atom. The van der Waals surface area contributed by atoms with E-state index in [1.54, 1.807) is 20.8 Å². The van der Waals surface area contributed by atoms with Crippen LogP contribution >= 0.6 is 0 Å². The van der Waals surface area contributed by atoms with Crippen molar-refractivity contribution in [2.75, 3.05) is 0 Å². The van der Waals surface area contributed by atoms with E-state index in [4.69, 9.17) is 52.1 Å². The quantitative estimate of drug-likeness (QED) is 0.0747. The summed E-state index contributed by atoms with van der Waals surface area (Å²) in [4.78, 5) is 40.0. The third-order valence-electron chi connectivity index (χ3n) is 14.7. The number of esters is 3. The Morgan fingerprint density at radius 2 is 1.17 bits per heavy atom. The number of hydrogen-bond donors (Lipinski definition) is 7. The molecule has 0 radical (unpaired) electrons. The maximum Gasteiger partial charge on any atom is 0.311 e. The van der Waals surface area contributed by atoms with Crippen LogP contribution < -0.4 is 0 Å². The average molecular weight is 1020 g/mol. The summed E-state index contributed by atoms with van der Waals surface area (Å²) in [6, 6.07) is 0. The van der Waals surface area contributed by atoms with Crippen LogP contribution in [0.1, 0.15) is 152 Å². The van der Waals surface area contributed by atoms with E-state index in [0.29, 0.717) is 19.3 Å². The summed E-state index contributed by atoms with van der Waals surface area (Å²) in [5, 5.41) is 79.1. The summed E-state index contributed by atoms with van der Waals surface area (Å²) in [6.45, 7) is 14.4. The summed E-state index contributed by atoms with van der Waals surface area (Å²) in [5.41, 5.74) is 0. The molecule has 5 aliphatic heterocycles. The highest BCUT2D eigenvalue weighted by atomic mass is 16.8. The lowest BCUT2D eigenvalue weighted by Crippen LogP contribution is -2.67.